The number of benzene rings is 1. The molecule has 1 aliphatic rings. The largest absolute Gasteiger partial charge is 0.366 e. The highest BCUT2D eigenvalue weighted by Gasteiger charge is 2.28. The molecule has 2 amide bonds. The van der Waals surface area contributed by atoms with E-state index in [4.69, 9.17) is 20.9 Å². The molecule has 1 N–H and O–H groups in total. The fraction of sp³-hybridized carbons (Fsp3) is 0.357. The van der Waals surface area contributed by atoms with Crippen molar-refractivity contribution in [3.05, 3.63) is 41.0 Å². The maximum atomic E-state index is 12.3. The molecule has 8 heteroatoms. The smallest absolute Gasteiger partial charge is 0.322 e. The lowest BCUT2D eigenvalue weighted by molar-refractivity contribution is -0.0190. The van der Waals surface area contributed by atoms with Crippen LogP contribution in [0.15, 0.2) is 28.8 Å². The second kappa shape index (κ2) is 6.33. The Morgan fingerprint density at radius 1 is 1.41 bits per heavy atom. The van der Waals surface area contributed by atoms with Gasteiger partial charge in [-0.15, -0.1) is 0 Å². The van der Waals surface area contributed by atoms with E-state index in [1.165, 1.54) is 0 Å². The van der Waals surface area contributed by atoms with Crippen LogP contribution in [-0.4, -0.2) is 40.8 Å². The van der Waals surface area contributed by atoms with Crippen molar-refractivity contribution < 1.29 is 14.1 Å². The zero-order chi connectivity index (χ0) is 15.5. The van der Waals surface area contributed by atoms with Crippen LogP contribution in [0.4, 0.5) is 10.5 Å². The van der Waals surface area contributed by atoms with Crippen LogP contribution >= 0.6 is 11.6 Å². The molecule has 0 aliphatic carbocycles. The summed E-state index contributed by atoms with van der Waals surface area (Å²) < 4.78 is 10.5. The summed E-state index contributed by atoms with van der Waals surface area (Å²) in [5, 5.41) is 7.29. The molecule has 2 aromatic rings. The molecule has 0 spiro atoms. The quantitative estimate of drug-likeness (QED) is 0.919. The summed E-state index contributed by atoms with van der Waals surface area (Å²) in [4.78, 5) is 18.1. The highest BCUT2D eigenvalue weighted by atomic mass is 35.5. The van der Waals surface area contributed by atoms with E-state index in [1.54, 1.807) is 36.1 Å². The van der Waals surface area contributed by atoms with Gasteiger partial charge in [0.05, 0.1) is 13.2 Å². The summed E-state index contributed by atoms with van der Waals surface area (Å²) in [5.41, 5.74) is 0.688. The molecular weight excluding hydrogens is 308 g/mol. The predicted molar refractivity (Wildman–Crippen MR) is 79.8 cm³/mol. The average Bonchev–Trinajstić information content (AvgIpc) is 2.96. The van der Waals surface area contributed by atoms with E-state index in [0.29, 0.717) is 42.1 Å². The summed E-state index contributed by atoms with van der Waals surface area (Å²) >= 11 is 5.82. The van der Waals surface area contributed by atoms with Crippen molar-refractivity contribution in [2.75, 3.05) is 25.0 Å². The molecule has 0 saturated carbocycles. The summed E-state index contributed by atoms with van der Waals surface area (Å²) in [7, 11) is 0. The van der Waals surface area contributed by atoms with E-state index >= 15 is 0 Å². The Bertz CT molecular complexity index is 658. The average molecular weight is 323 g/mol. The lowest BCUT2D eigenvalue weighted by Crippen LogP contribution is -2.44. The number of anilines is 1. The molecule has 1 aromatic carbocycles. The van der Waals surface area contributed by atoms with Crippen molar-refractivity contribution in [3.8, 4) is 0 Å². The molecule has 116 valence electrons. The van der Waals surface area contributed by atoms with Crippen molar-refractivity contribution in [2.45, 2.75) is 13.0 Å². The van der Waals surface area contributed by atoms with Crippen LogP contribution in [0.2, 0.25) is 5.02 Å². The fourth-order valence-electron chi connectivity index (χ4n) is 2.17. The Hall–Kier alpha value is -2.12. The first-order valence-corrected chi connectivity index (χ1v) is 7.23. The second-order valence-electron chi connectivity index (χ2n) is 4.91. The maximum Gasteiger partial charge on any atom is 0.322 e. The third kappa shape index (κ3) is 3.37. The normalized spacial score (nSPS) is 18.3. The number of carbonyl (C=O) groups is 1. The third-order valence-electron chi connectivity index (χ3n) is 3.28. The zero-order valence-corrected chi connectivity index (χ0v) is 12.7. The number of amides is 2. The molecule has 0 radical (unpaired) electrons. The van der Waals surface area contributed by atoms with Gasteiger partial charge in [0.1, 0.15) is 6.10 Å². The van der Waals surface area contributed by atoms with Crippen LogP contribution in [0, 0.1) is 6.92 Å². The molecular formula is C14H15ClN4O3. The number of nitrogens with one attached hydrogen (secondary N) is 1. The minimum atomic E-state index is -0.373. The van der Waals surface area contributed by atoms with Gasteiger partial charge in [-0.05, 0) is 24.3 Å². The van der Waals surface area contributed by atoms with Gasteiger partial charge in [-0.25, -0.2) is 4.79 Å². The lowest BCUT2D eigenvalue weighted by atomic mass is 10.2. The zero-order valence-electron chi connectivity index (χ0n) is 12.0. The third-order valence-corrected chi connectivity index (χ3v) is 3.53. The second-order valence-corrected chi connectivity index (χ2v) is 5.35. The van der Waals surface area contributed by atoms with Crippen LogP contribution in [0.25, 0.3) is 0 Å². The number of rotatable bonds is 2. The van der Waals surface area contributed by atoms with Crippen molar-refractivity contribution in [1.29, 1.82) is 0 Å². The van der Waals surface area contributed by atoms with Gasteiger partial charge in [0, 0.05) is 24.2 Å². The van der Waals surface area contributed by atoms with E-state index in [9.17, 15) is 4.79 Å². The Morgan fingerprint density at radius 2 is 2.18 bits per heavy atom. The topological polar surface area (TPSA) is 80.5 Å². The van der Waals surface area contributed by atoms with Crippen LogP contribution in [0.3, 0.4) is 0 Å². The van der Waals surface area contributed by atoms with E-state index < -0.39 is 0 Å². The number of aromatic nitrogens is 2. The van der Waals surface area contributed by atoms with Gasteiger partial charge in [0.15, 0.2) is 0 Å². The first-order chi connectivity index (χ1) is 10.6. The first-order valence-electron chi connectivity index (χ1n) is 6.85. The van der Waals surface area contributed by atoms with Crippen molar-refractivity contribution in [2.24, 2.45) is 0 Å². The predicted octanol–water partition coefficient (Wildman–Crippen LogP) is 2.64. The minimum Gasteiger partial charge on any atom is -0.366 e. The van der Waals surface area contributed by atoms with Gasteiger partial charge in [-0.2, -0.15) is 4.98 Å². The summed E-state index contributed by atoms with van der Waals surface area (Å²) in [6.07, 6.45) is -0.373. The molecule has 1 unspecified atom stereocenters. The number of nitrogens with zero attached hydrogens (tertiary/aromatic N) is 3. The number of hydrogen-bond acceptors (Lipinski definition) is 5. The summed E-state index contributed by atoms with van der Waals surface area (Å²) in [6.45, 7) is 3.02. The molecule has 2 heterocycles. The SMILES string of the molecule is Cc1nc(C2CN(C(=O)Nc3ccc(Cl)cc3)CCO2)no1. The molecule has 0 bridgehead atoms. The molecule has 1 saturated heterocycles. The van der Waals surface area contributed by atoms with Gasteiger partial charge < -0.3 is 19.5 Å². The van der Waals surface area contributed by atoms with E-state index in [1.807, 2.05) is 0 Å². The molecule has 1 atom stereocenters. The minimum absolute atomic E-state index is 0.198. The number of aryl methyl sites for hydroxylation is 1. The monoisotopic (exact) mass is 322 g/mol. The first kappa shape index (κ1) is 14.8. The number of carbonyl (C=O) groups excluding carboxylic acids is 1. The Labute approximate surface area is 132 Å². The summed E-state index contributed by atoms with van der Waals surface area (Å²) in [6, 6.07) is 6.75. The van der Waals surface area contributed by atoms with E-state index in [-0.39, 0.29) is 12.1 Å². The standard InChI is InChI=1S/C14H15ClN4O3/c1-9-16-13(18-22-9)12-8-19(6-7-21-12)14(20)17-11-4-2-10(15)3-5-11/h2-5,12H,6-8H2,1H3,(H,17,20). The number of urea groups is 1. The number of morpholine rings is 1. The molecule has 1 aromatic heterocycles. The van der Waals surface area contributed by atoms with Crippen molar-refractivity contribution >= 4 is 23.3 Å². The van der Waals surface area contributed by atoms with Crippen LogP contribution < -0.4 is 5.32 Å². The number of hydrogen-bond donors (Lipinski definition) is 1. The Kier molecular flexibility index (Phi) is 4.26. The Morgan fingerprint density at radius 3 is 2.86 bits per heavy atom. The van der Waals surface area contributed by atoms with E-state index in [2.05, 4.69) is 15.5 Å². The maximum absolute atomic E-state index is 12.3. The van der Waals surface area contributed by atoms with Gasteiger partial charge in [0.25, 0.3) is 0 Å². The number of ether oxygens (including phenoxy) is 1. The highest BCUT2D eigenvalue weighted by molar-refractivity contribution is 6.30. The molecule has 3 rings (SSSR count). The molecule has 1 fully saturated rings. The highest BCUT2D eigenvalue weighted by Crippen LogP contribution is 2.21. The van der Waals surface area contributed by atoms with Gasteiger partial charge in [-0.1, -0.05) is 16.8 Å². The van der Waals surface area contributed by atoms with Gasteiger partial charge in [0.2, 0.25) is 11.7 Å². The summed E-state index contributed by atoms with van der Waals surface area (Å²) in [5.74, 6) is 0.933. The fourth-order valence-corrected chi connectivity index (χ4v) is 2.30. The Balaban J connectivity index is 1.63. The van der Waals surface area contributed by atoms with Crippen LogP contribution in [0.5, 0.6) is 0 Å². The molecule has 22 heavy (non-hydrogen) atoms. The van der Waals surface area contributed by atoms with Crippen LogP contribution in [-0.2, 0) is 4.74 Å². The number of halogens is 1. The lowest BCUT2D eigenvalue weighted by Gasteiger charge is -2.31. The molecule has 7 nitrogen and oxygen atoms in total. The molecule has 1 aliphatic heterocycles. The van der Waals surface area contributed by atoms with Crippen molar-refractivity contribution in [1.82, 2.24) is 15.0 Å². The van der Waals surface area contributed by atoms with Crippen LogP contribution in [0.1, 0.15) is 17.8 Å². The van der Waals surface area contributed by atoms with Gasteiger partial charge in [-0.3, -0.25) is 0 Å². The van der Waals surface area contributed by atoms with E-state index in [0.717, 1.165) is 0 Å². The van der Waals surface area contributed by atoms with Crippen molar-refractivity contribution in [3.63, 3.8) is 0 Å². The van der Waals surface area contributed by atoms with Gasteiger partial charge >= 0.3 is 6.03 Å².